The highest BCUT2D eigenvalue weighted by Crippen LogP contribution is 2.66. The number of aliphatic hydroxyl groups excluding tert-OH is 2. The summed E-state index contributed by atoms with van der Waals surface area (Å²) in [5, 5.41) is 21.9. The van der Waals surface area contributed by atoms with Gasteiger partial charge in [0.05, 0.1) is 17.3 Å². The minimum absolute atomic E-state index is 0.0146. The first-order valence-electron chi connectivity index (χ1n) is 12.7. The SMILES string of the molecule is Cc1ncccc1C=CC1=CCC2C1(C)CC=C1C=C3C(O)C(O)C(N(C)C)CC34CCC12O4. The van der Waals surface area contributed by atoms with Gasteiger partial charge in [-0.1, -0.05) is 43.4 Å². The second-order valence-corrected chi connectivity index (χ2v) is 11.5. The van der Waals surface area contributed by atoms with E-state index in [9.17, 15) is 10.2 Å². The molecule has 7 atom stereocenters. The predicted molar refractivity (Wildman–Crippen MR) is 133 cm³/mol. The molecule has 1 saturated heterocycles. The Morgan fingerprint density at radius 2 is 2.00 bits per heavy atom. The molecule has 3 aliphatic carbocycles. The molecule has 2 fully saturated rings. The van der Waals surface area contributed by atoms with E-state index in [0.717, 1.165) is 48.9 Å². The Bertz CT molecular complexity index is 1150. The number of rotatable bonds is 3. The quantitative estimate of drug-likeness (QED) is 0.715. The Balaban J connectivity index is 1.36. The standard InChI is InChI=1S/C29H36N2O3/c1-18-19(6-5-15-30-18)7-8-20-9-10-24-27(20,2)12-11-21-16-22-25(32)26(33)23(31(3)4)17-28(22)13-14-29(21,24)34-28/h5-9,11,15-16,23-26,32-33H,10,12-14,17H2,1-4H3. The van der Waals surface area contributed by atoms with Gasteiger partial charge in [0.2, 0.25) is 0 Å². The highest BCUT2D eigenvalue weighted by Gasteiger charge is 2.67. The van der Waals surface area contributed by atoms with E-state index in [2.05, 4.69) is 55.3 Å². The van der Waals surface area contributed by atoms with Crippen LogP contribution in [0.25, 0.3) is 6.08 Å². The highest BCUT2D eigenvalue weighted by atomic mass is 16.5. The lowest BCUT2D eigenvalue weighted by Gasteiger charge is -2.55. The summed E-state index contributed by atoms with van der Waals surface area (Å²) in [6, 6.07) is 3.99. The van der Waals surface area contributed by atoms with Crippen molar-refractivity contribution in [2.75, 3.05) is 14.1 Å². The average Bonchev–Trinajstić information content (AvgIpc) is 3.31. The maximum Gasteiger partial charge on any atom is 0.105 e. The van der Waals surface area contributed by atoms with Crippen molar-refractivity contribution in [3.8, 4) is 0 Å². The van der Waals surface area contributed by atoms with Gasteiger partial charge in [0.15, 0.2) is 0 Å². The summed E-state index contributed by atoms with van der Waals surface area (Å²) >= 11 is 0. The highest BCUT2D eigenvalue weighted by molar-refractivity contribution is 5.58. The fourth-order valence-electron chi connectivity index (χ4n) is 7.64. The second-order valence-electron chi connectivity index (χ2n) is 11.5. The summed E-state index contributed by atoms with van der Waals surface area (Å²) in [6.45, 7) is 4.45. The van der Waals surface area contributed by atoms with Gasteiger partial charge in [0, 0.05) is 29.3 Å². The second kappa shape index (κ2) is 7.47. The van der Waals surface area contributed by atoms with Crippen molar-refractivity contribution >= 4 is 6.08 Å². The summed E-state index contributed by atoms with van der Waals surface area (Å²) in [5.41, 5.74) is 4.92. The molecular formula is C29H36N2O3. The molecule has 34 heavy (non-hydrogen) atoms. The van der Waals surface area contributed by atoms with Crippen LogP contribution in [-0.4, -0.2) is 63.6 Å². The van der Waals surface area contributed by atoms with Crippen LogP contribution >= 0.6 is 0 Å². The Morgan fingerprint density at radius 3 is 2.76 bits per heavy atom. The van der Waals surface area contributed by atoms with Crippen molar-refractivity contribution in [3.05, 3.63) is 70.6 Å². The van der Waals surface area contributed by atoms with E-state index < -0.39 is 17.8 Å². The molecular weight excluding hydrogens is 424 g/mol. The third-order valence-corrected chi connectivity index (χ3v) is 9.64. The Kier molecular flexibility index (Phi) is 4.93. The average molecular weight is 461 g/mol. The number of ether oxygens (including phenoxy) is 1. The number of aromatic nitrogens is 1. The molecule has 2 bridgehead atoms. The molecule has 6 rings (SSSR count). The predicted octanol–water partition coefficient (Wildman–Crippen LogP) is 3.97. The van der Waals surface area contributed by atoms with Gasteiger partial charge in [0.1, 0.15) is 6.10 Å². The lowest BCUT2D eigenvalue weighted by Crippen LogP contribution is -2.61. The third-order valence-electron chi connectivity index (χ3n) is 9.64. The van der Waals surface area contributed by atoms with Crippen LogP contribution in [-0.2, 0) is 4.74 Å². The number of hydrogen-bond acceptors (Lipinski definition) is 5. The van der Waals surface area contributed by atoms with Crippen LogP contribution < -0.4 is 0 Å². The van der Waals surface area contributed by atoms with Crippen LogP contribution in [0.4, 0.5) is 0 Å². The molecule has 7 unspecified atom stereocenters. The Hall–Kier alpha value is -2.05. The molecule has 2 spiro atoms. The molecule has 1 saturated carbocycles. The zero-order chi connectivity index (χ0) is 23.9. The minimum atomic E-state index is -0.880. The monoisotopic (exact) mass is 460 g/mol. The van der Waals surface area contributed by atoms with Crippen LogP contribution in [0.2, 0.25) is 0 Å². The summed E-state index contributed by atoms with van der Waals surface area (Å²) in [7, 11) is 3.96. The number of allylic oxidation sites excluding steroid dienone is 4. The summed E-state index contributed by atoms with van der Waals surface area (Å²) in [5.74, 6) is 0.369. The molecule has 0 amide bonds. The first-order valence-corrected chi connectivity index (χ1v) is 12.7. The molecule has 1 aromatic heterocycles. The van der Waals surface area contributed by atoms with E-state index in [1.165, 1.54) is 11.1 Å². The number of fused-ring (bicyclic) bond motifs is 1. The van der Waals surface area contributed by atoms with Gasteiger partial charge in [0.25, 0.3) is 0 Å². The first-order chi connectivity index (χ1) is 16.2. The van der Waals surface area contributed by atoms with Crippen LogP contribution in [0.1, 0.15) is 50.3 Å². The van der Waals surface area contributed by atoms with E-state index in [1.54, 1.807) is 0 Å². The molecule has 2 N–H and O–H groups in total. The van der Waals surface area contributed by atoms with E-state index in [-0.39, 0.29) is 17.1 Å². The molecule has 5 nitrogen and oxygen atoms in total. The van der Waals surface area contributed by atoms with Crippen molar-refractivity contribution in [3.63, 3.8) is 0 Å². The van der Waals surface area contributed by atoms with Crippen LogP contribution in [0.5, 0.6) is 0 Å². The fourth-order valence-corrected chi connectivity index (χ4v) is 7.64. The zero-order valence-electron chi connectivity index (χ0n) is 20.7. The number of hydrogen-bond donors (Lipinski definition) is 2. The summed E-state index contributed by atoms with van der Waals surface area (Å²) < 4.78 is 7.19. The van der Waals surface area contributed by atoms with Gasteiger partial charge in [-0.25, -0.2) is 0 Å². The zero-order valence-corrected chi connectivity index (χ0v) is 20.7. The molecule has 0 radical (unpaired) electrons. The van der Waals surface area contributed by atoms with Gasteiger partial charge in [-0.3, -0.25) is 4.98 Å². The smallest absolute Gasteiger partial charge is 0.105 e. The topological polar surface area (TPSA) is 65.8 Å². The van der Waals surface area contributed by atoms with Gasteiger partial charge in [-0.2, -0.15) is 0 Å². The van der Waals surface area contributed by atoms with Gasteiger partial charge in [-0.15, -0.1) is 0 Å². The largest absolute Gasteiger partial charge is 0.388 e. The molecule has 1 aromatic rings. The van der Waals surface area contributed by atoms with Crippen molar-refractivity contribution in [1.29, 1.82) is 0 Å². The lowest BCUT2D eigenvalue weighted by molar-refractivity contribution is -0.163. The van der Waals surface area contributed by atoms with Crippen LogP contribution in [0.3, 0.4) is 0 Å². The van der Waals surface area contributed by atoms with Crippen molar-refractivity contribution in [2.24, 2.45) is 11.3 Å². The fraction of sp³-hybridized carbons (Fsp3) is 0.552. The number of nitrogens with zero attached hydrogens (tertiary/aromatic N) is 2. The Morgan fingerprint density at radius 1 is 1.18 bits per heavy atom. The Labute approximate surface area is 202 Å². The lowest BCUT2D eigenvalue weighted by atomic mass is 9.59. The van der Waals surface area contributed by atoms with Gasteiger partial charge >= 0.3 is 0 Å². The van der Waals surface area contributed by atoms with Crippen LogP contribution in [0, 0.1) is 18.3 Å². The summed E-state index contributed by atoms with van der Waals surface area (Å²) in [6.07, 6.45) is 16.2. The first kappa shape index (κ1) is 22.4. The number of likely N-dealkylation sites (N-methyl/N-ethyl adjacent to an activating group) is 1. The maximum atomic E-state index is 11.1. The van der Waals surface area contributed by atoms with Crippen molar-refractivity contribution in [1.82, 2.24) is 9.88 Å². The third kappa shape index (κ3) is 2.91. The molecule has 5 heteroatoms. The molecule has 0 aromatic carbocycles. The van der Waals surface area contributed by atoms with E-state index in [1.807, 2.05) is 31.3 Å². The number of aliphatic hydroxyl groups is 2. The van der Waals surface area contributed by atoms with Crippen molar-refractivity contribution in [2.45, 2.75) is 75.4 Å². The van der Waals surface area contributed by atoms with Crippen molar-refractivity contribution < 1.29 is 14.9 Å². The molecule has 2 aliphatic heterocycles. The normalized spacial score (nSPS) is 42.7. The summed E-state index contributed by atoms with van der Waals surface area (Å²) in [4.78, 5) is 6.46. The minimum Gasteiger partial charge on any atom is -0.388 e. The number of pyridine rings is 1. The molecule has 5 aliphatic rings. The van der Waals surface area contributed by atoms with Crippen LogP contribution in [0.15, 0.2) is 59.4 Å². The molecule has 3 heterocycles. The molecule has 180 valence electrons. The van der Waals surface area contributed by atoms with E-state index in [4.69, 9.17) is 4.74 Å². The van der Waals surface area contributed by atoms with Gasteiger partial charge in [-0.05, 0) is 81.5 Å². The maximum absolute atomic E-state index is 11.1. The van der Waals surface area contributed by atoms with Gasteiger partial charge < -0.3 is 19.8 Å². The van der Waals surface area contributed by atoms with E-state index >= 15 is 0 Å². The van der Waals surface area contributed by atoms with E-state index in [0.29, 0.717) is 5.92 Å². The number of aryl methyl sites for hydroxylation is 1.